The lowest BCUT2D eigenvalue weighted by Crippen LogP contribution is -2.36. The van der Waals surface area contributed by atoms with Gasteiger partial charge in [-0.3, -0.25) is 0 Å². The summed E-state index contributed by atoms with van der Waals surface area (Å²) in [7, 11) is -4.25. The fourth-order valence-corrected chi connectivity index (χ4v) is 7.14. The molecule has 1 saturated heterocycles. The highest BCUT2D eigenvalue weighted by Gasteiger charge is 2.33. The van der Waals surface area contributed by atoms with Gasteiger partial charge in [-0.2, -0.15) is 0 Å². The number of nitrogens with zero attached hydrogens (tertiary/aromatic N) is 1. The van der Waals surface area contributed by atoms with Crippen molar-refractivity contribution in [3.63, 3.8) is 0 Å². The van der Waals surface area contributed by atoms with Gasteiger partial charge in [0.25, 0.3) is 0 Å². The van der Waals surface area contributed by atoms with Crippen LogP contribution in [-0.4, -0.2) is 61.7 Å². The first-order chi connectivity index (χ1) is 8.69. The molecule has 0 bridgehead atoms. The molecule has 2 heterocycles. The minimum Gasteiger partial charge on any atom is -0.357 e. The predicted molar refractivity (Wildman–Crippen MR) is 81.7 cm³/mol. The van der Waals surface area contributed by atoms with Gasteiger partial charge in [-0.25, -0.2) is 16.8 Å². The Morgan fingerprint density at radius 3 is 2.47 bits per heavy atom. The lowest BCUT2D eigenvalue weighted by molar-refractivity contribution is 0.409. The van der Waals surface area contributed by atoms with Crippen molar-refractivity contribution in [2.75, 3.05) is 24.3 Å². The maximum absolute atomic E-state index is 11.4. The van der Waals surface area contributed by atoms with E-state index in [1.54, 1.807) is 18.0 Å². The van der Waals surface area contributed by atoms with E-state index in [-0.39, 0.29) is 28.6 Å². The Kier molecular flexibility index (Phi) is 4.29. The van der Waals surface area contributed by atoms with Crippen molar-refractivity contribution in [1.82, 2.24) is 4.90 Å². The molecular formula is C10H15NO4S4. The number of thioether (sulfide) groups is 1. The Morgan fingerprint density at radius 2 is 2.00 bits per heavy atom. The third kappa shape index (κ3) is 3.93. The lowest BCUT2D eigenvalue weighted by atomic mass is 10.2. The van der Waals surface area contributed by atoms with Gasteiger partial charge in [0.15, 0.2) is 19.7 Å². The SMILES string of the molecule is CN(C(=S)S[C@@H]1C=CS(=O)(=O)C1)[C@H]1CCS(=O)(=O)C1. The van der Waals surface area contributed by atoms with Crippen molar-refractivity contribution in [2.24, 2.45) is 0 Å². The topological polar surface area (TPSA) is 71.5 Å². The Balaban J connectivity index is 1.92. The van der Waals surface area contributed by atoms with Crippen molar-refractivity contribution in [3.05, 3.63) is 11.5 Å². The molecule has 2 rings (SSSR count). The van der Waals surface area contributed by atoms with Crippen LogP contribution in [0.5, 0.6) is 0 Å². The van der Waals surface area contributed by atoms with Crippen LogP contribution in [0.1, 0.15) is 6.42 Å². The first-order valence-electron chi connectivity index (χ1n) is 5.73. The number of rotatable bonds is 2. The second-order valence-electron chi connectivity index (χ2n) is 4.75. The summed E-state index contributed by atoms with van der Waals surface area (Å²) < 4.78 is 46.0. The van der Waals surface area contributed by atoms with Crippen LogP contribution in [0, 0.1) is 0 Å². The minimum atomic E-state index is -3.08. The third-order valence-electron chi connectivity index (χ3n) is 3.19. The summed E-state index contributed by atoms with van der Waals surface area (Å²) in [6.07, 6.45) is 2.21. The molecule has 0 aliphatic carbocycles. The van der Waals surface area contributed by atoms with Crippen LogP contribution in [0.25, 0.3) is 0 Å². The molecule has 2 aliphatic rings. The summed E-state index contributed by atoms with van der Waals surface area (Å²) in [6.45, 7) is 0. The summed E-state index contributed by atoms with van der Waals surface area (Å²) >= 11 is 6.57. The molecule has 0 aromatic heterocycles. The Morgan fingerprint density at radius 1 is 1.32 bits per heavy atom. The van der Waals surface area contributed by atoms with Gasteiger partial charge < -0.3 is 4.90 Å². The fraction of sp³-hybridized carbons (Fsp3) is 0.700. The van der Waals surface area contributed by atoms with E-state index in [1.165, 1.54) is 17.2 Å². The van der Waals surface area contributed by atoms with Gasteiger partial charge in [-0.15, -0.1) is 0 Å². The van der Waals surface area contributed by atoms with Crippen LogP contribution in [0.3, 0.4) is 0 Å². The van der Waals surface area contributed by atoms with Gasteiger partial charge in [0.2, 0.25) is 0 Å². The largest absolute Gasteiger partial charge is 0.357 e. The van der Waals surface area contributed by atoms with Crippen LogP contribution >= 0.6 is 24.0 Å². The molecule has 2 aliphatic heterocycles. The van der Waals surface area contributed by atoms with Crippen molar-refractivity contribution in [1.29, 1.82) is 0 Å². The van der Waals surface area contributed by atoms with E-state index in [0.29, 0.717) is 10.7 Å². The van der Waals surface area contributed by atoms with Crippen LogP contribution in [-0.2, 0) is 19.7 Å². The van der Waals surface area contributed by atoms with Crippen molar-refractivity contribution in [3.8, 4) is 0 Å². The van der Waals surface area contributed by atoms with E-state index >= 15 is 0 Å². The predicted octanol–water partition coefficient (Wildman–Crippen LogP) is 0.434. The van der Waals surface area contributed by atoms with Crippen molar-refractivity contribution < 1.29 is 16.8 Å². The van der Waals surface area contributed by atoms with Crippen LogP contribution in [0.2, 0.25) is 0 Å². The molecule has 0 amide bonds. The lowest BCUT2D eigenvalue weighted by Gasteiger charge is -2.26. The number of hydrogen-bond donors (Lipinski definition) is 0. The maximum atomic E-state index is 11.4. The summed E-state index contributed by atoms with van der Waals surface area (Å²) in [5.74, 6) is 0.393. The van der Waals surface area contributed by atoms with E-state index in [1.807, 2.05) is 0 Å². The summed E-state index contributed by atoms with van der Waals surface area (Å²) in [5.41, 5.74) is 0. The molecule has 108 valence electrons. The zero-order valence-electron chi connectivity index (χ0n) is 10.4. The van der Waals surface area contributed by atoms with Gasteiger partial charge >= 0.3 is 0 Å². The molecule has 0 unspecified atom stereocenters. The highest BCUT2D eigenvalue weighted by molar-refractivity contribution is 8.23. The maximum Gasteiger partial charge on any atom is 0.172 e. The number of thiocarbonyl (C=S) groups is 1. The molecular weight excluding hydrogens is 326 g/mol. The van der Waals surface area contributed by atoms with Gasteiger partial charge in [0.05, 0.1) is 17.3 Å². The highest BCUT2D eigenvalue weighted by atomic mass is 32.2. The average Bonchev–Trinajstić information content (AvgIpc) is 2.80. The first kappa shape index (κ1) is 15.3. The third-order valence-corrected chi connectivity index (χ3v) is 8.24. The second kappa shape index (κ2) is 5.34. The molecule has 0 radical (unpaired) electrons. The van der Waals surface area contributed by atoms with E-state index < -0.39 is 19.7 Å². The van der Waals surface area contributed by atoms with Crippen molar-refractivity contribution in [2.45, 2.75) is 17.7 Å². The van der Waals surface area contributed by atoms with Gasteiger partial charge in [0.1, 0.15) is 4.32 Å². The van der Waals surface area contributed by atoms with Gasteiger partial charge in [-0.05, 0) is 6.42 Å². The van der Waals surface area contributed by atoms with E-state index in [2.05, 4.69) is 0 Å². The average molecular weight is 342 g/mol. The van der Waals surface area contributed by atoms with E-state index in [0.717, 1.165) is 0 Å². The Labute approximate surface area is 123 Å². The normalized spacial score (nSPS) is 31.4. The molecule has 1 fully saturated rings. The Hall–Kier alpha value is -0.120. The second-order valence-corrected chi connectivity index (χ2v) is 10.8. The summed E-state index contributed by atoms with van der Waals surface area (Å²) in [6, 6.07) is -0.0908. The highest BCUT2D eigenvalue weighted by Crippen LogP contribution is 2.26. The van der Waals surface area contributed by atoms with Crippen LogP contribution in [0.15, 0.2) is 11.5 Å². The van der Waals surface area contributed by atoms with Gasteiger partial charge in [0, 0.05) is 23.7 Å². The smallest absolute Gasteiger partial charge is 0.172 e. The zero-order valence-corrected chi connectivity index (χ0v) is 13.6. The zero-order chi connectivity index (χ0) is 14.3. The quantitative estimate of drug-likeness (QED) is 0.675. The molecule has 0 spiro atoms. The number of hydrogen-bond acceptors (Lipinski definition) is 6. The summed E-state index contributed by atoms with van der Waals surface area (Å²) in [5, 5.41) is 1.05. The van der Waals surface area contributed by atoms with Crippen LogP contribution in [0.4, 0.5) is 0 Å². The molecule has 0 N–H and O–H groups in total. The molecule has 0 aromatic carbocycles. The Bertz CT molecular complexity index is 607. The van der Waals surface area contributed by atoms with Gasteiger partial charge in [-0.1, -0.05) is 30.1 Å². The number of sulfone groups is 2. The van der Waals surface area contributed by atoms with E-state index in [9.17, 15) is 16.8 Å². The van der Waals surface area contributed by atoms with Crippen LogP contribution < -0.4 is 0 Å². The molecule has 19 heavy (non-hydrogen) atoms. The summed E-state index contributed by atoms with van der Waals surface area (Å²) in [4.78, 5) is 1.78. The monoisotopic (exact) mass is 341 g/mol. The molecule has 0 aromatic rings. The van der Waals surface area contributed by atoms with E-state index in [4.69, 9.17) is 12.2 Å². The van der Waals surface area contributed by atoms with Crippen molar-refractivity contribution >= 4 is 48.0 Å². The standard InChI is InChI=1S/C10H15NO4S4/c1-11(8-2-4-18(12,13)6-8)10(16)17-9-3-5-19(14,15)7-9/h3,5,8-9H,2,4,6-7H2,1H3/t8-,9+/m0/s1. The molecule has 0 saturated carbocycles. The molecule has 2 atom stereocenters. The first-order valence-corrected chi connectivity index (χ1v) is 10.6. The minimum absolute atomic E-state index is 0.0641. The molecule has 5 nitrogen and oxygen atoms in total. The fourth-order valence-electron chi connectivity index (χ4n) is 2.06. The molecule has 9 heteroatoms.